The van der Waals surface area contributed by atoms with Crippen molar-refractivity contribution >= 4 is 11.8 Å². The third-order valence-electron chi connectivity index (χ3n) is 4.29. The summed E-state index contributed by atoms with van der Waals surface area (Å²) < 4.78 is 5.60. The number of carbonyl (C=O) groups excluding carboxylic acids is 2. The highest BCUT2D eigenvalue weighted by atomic mass is 16.5. The van der Waals surface area contributed by atoms with Crippen LogP contribution in [0, 0.1) is 5.92 Å². The van der Waals surface area contributed by atoms with E-state index in [1.54, 1.807) is 4.90 Å². The fraction of sp³-hybridized carbons (Fsp3) is 0.857. The topological polar surface area (TPSA) is 84.7 Å². The number of hydrogen-bond donors (Lipinski definition) is 2. The second kappa shape index (κ2) is 7.04. The number of carbonyl (C=O) groups is 2. The van der Waals surface area contributed by atoms with Crippen molar-refractivity contribution in [2.24, 2.45) is 11.7 Å². The molecule has 0 saturated carbocycles. The Kier molecular flexibility index (Phi) is 5.37. The lowest BCUT2D eigenvalue weighted by atomic mass is 9.95. The smallest absolute Gasteiger partial charge is 0.237 e. The molecule has 20 heavy (non-hydrogen) atoms. The van der Waals surface area contributed by atoms with Gasteiger partial charge in [-0.3, -0.25) is 9.59 Å². The summed E-state index contributed by atoms with van der Waals surface area (Å²) in [4.78, 5) is 25.8. The predicted molar refractivity (Wildman–Crippen MR) is 74.9 cm³/mol. The number of primary amides is 1. The molecule has 0 radical (unpaired) electrons. The number of piperidine rings is 1. The molecule has 2 aliphatic heterocycles. The normalized spacial score (nSPS) is 27.4. The Hall–Kier alpha value is -1.14. The van der Waals surface area contributed by atoms with E-state index in [0.29, 0.717) is 6.61 Å². The fourth-order valence-corrected chi connectivity index (χ4v) is 3.22. The molecule has 0 aromatic carbocycles. The first-order valence-electron chi connectivity index (χ1n) is 7.54. The van der Waals surface area contributed by atoms with Crippen LogP contribution in [-0.4, -0.2) is 55.1 Å². The van der Waals surface area contributed by atoms with Gasteiger partial charge in [-0.25, -0.2) is 0 Å². The molecule has 2 unspecified atom stereocenters. The van der Waals surface area contributed by atoms with Crippen molar-refractivity contribution in [1.82, 2.24) is 10.2 Å². The minimum absolute atomic E-state index is 0.0143. The molecule has 0 bridgehead atoms. The van der Waals surface area contributed by atoms with Crippen LogP contribution in [-0.2, 0) is 14.3 Å². The molecule has 2 rings (SSSR count). The van der Waals surface area contributed by atoms with E-state index in [-0.39, 0.29) is 30.5 Å². The molecular formula is C14H25N3O3. The van der Waals surface area contributed by atoms with Gasteiger partial charge >= 0.3 is 0 Å². The van der Waals surface area contributed by atoms with Gasteiger partial charge in [0.25, 0.3) is 0 Å². The van der Waals surface area contributed by atoms with Gasteiger partial charge in [-0.05, 0) is 38.8 Å². The van der Waals surface area contributed by atoms with Crippen molar-refractivity contribution in [2.75, 3.05) is 26.2 Å². The summed E-state index contributed by atoms with van der Waals surface area (Å²) in [6.07, 6.45) is 3.32. The number of hydrogen-bond acceptors (Lipinski definition) is 4. The third-order valence-corrected chi connectivity index (χ3v) is 4.29. The summed E-state index contributed by atoms with van der Waals surface area (Å²) in [7, 11) is 0. The Balaban J connectivity index is 2.08. The van der Waals surface area contributed by atoms with Crippen molar-refractivity contribution in [3.8, 4) is 0 Å². The van der Waals surface area contributed by atoms with Crippen molar-refractivity contribution in [2.45, 2.75) is 44.8 Å². The monoisotopic (exact) mass is 283 g/mol. The maximum atomic E-state index is 12.8. The van der Waals surface area contributed by atoms with Crippen LogP contribution < -0.4 is 11.1 Å². The number of ether oxygens (including phenoxy) is 1. The number of nitrogens with zero attached hydrogens (tertiary/aromatic N) is 1. The molecule has 0 aromatic heterocycles. The van der Waals surface area contributed by atoms with Gasteiger partial charge in [0.05, 0.1) is 18.6 Å². The van der Waals surface area contributed by atoms with Crippen LogP contribution in [0.4, 0.5) is 0 Å². The molecule has 0 aliphatic carbocycles. The average molecular weight is 283 g/mol. The zero-order chi connectivity index (χ0) is 14.5. The van der Waals surface area contributed by atoms with Gasteiger partial charge in [-0.15, -0.1) is 0 Å². The van der Waals surface area contributed by atoms with E-state index in [9.17, 15) is 9.59 Å². The number of nitrogens with one attached hydrogen (secondary N) is 1. The third kappa shape index (κ3) is 3.49. The Bertz CT molecular complexity index is 356. The van der Waals surface area contributed by atoms with E-state index in [0.717, 1.165) is 38.8 Å². The van der Waals surface area contributed by atoms with Gasteiger partial charge in [0.15, 0.2) is 0 Å². The van der Waals surface area contributed by atoms with Gasteiger partial charge < -0.3 is 20.7 Å². The summed E-state index contributed by atoms with van der Waals surface area (Å²) >= 11 is 0. The first kappa shape index (κ1) is 15.3. The lowest BCUT2D eigenvalue weighted by Crippen LogP contribution is -2.52. The van der Waals surface area contributed by atoms with E-state index in [1.165, 1.54) is 0 Å². The minimum Gasteiger partial charge on any atom is -0.377 e. The Morgan fingerprint density at radius 3 is 2.60 bits per heavy atom. The van der Waals surface area contributed by atoms with Crippen LogP contribution in [0.3, 0.4) is 0 Å². The number of rotatable bonds is 5. The zero-order valence-electron chi connectivity index (χ0n) is 12.1. The Morgan fingerprint density at radius 1 is 1.30 bits per heavy atom. The van der Waals surface area contributed by atoms with E-state index in [1.807, 2.05) is 6.92 Å². The van der Waals surface area contributed by atoms with Crippen molar-refractivity contribution in [1.29, 1.82) is 0 Å². The SMILES string of the molecule is CCC1OCCC1C(=O)N(CC(N)=O)C1CCNCC1. The van der Waals surface area contributed by atoms with Gasteiger partial charge in [-0.1, -0.05) is 6.92 Å². The molecule has 2 fully saturated rings. The van der Waals surface area contributed by atoms with Crippen LogP contribution in [0.15, 0.2) is 0 Å². The van der Waals surface area contributed by atoms with Crippen molar-refractivity contribution in [3.63, 3.8) is 0 Å². The highest BCUT2D eigenvalue weighted by molar-refractivity contribution is 5.85. The molecule has 6 nitrogen and oxygen atoms in total. The molecule has 2 saturated heterocycles. The van der Waals surface area contributed by atoms with Gasteiger partial charge in [-0.2, -0.15) is 0 Å². The molecule has 6 heteroatoms. The standard InChI is InChI=1S/C14H25N3O3/c1-2-12-11(5-8-20-12)14(19)17(9-13(15)18)10-3-6-16-7-4-10/h10-12,16H,2-9H2,1H3,(H2,15,18). The van der Waals surface area contributed by atoms with E-state index in [2.05, 4.69) is 5.32 Å². The largest absolute Gasteiger partial charge is 0.377 e. The van der Waals surface area contributed by atoms with Crippen LogP contribution in [0.5, 0.6) is 0 Å². The lowest BCUT2D eigenvalue weighted by molar-refractivity contribution is -0.143. The zero-order valence-corrected chi connectivity index (χ0v) is 12.1. The molecule has 3 N–H and O–H groups in total. The van der Waals surface area contributed by atoms with Gasteiger partial charge in [0.2, 0.25) is 11.8 Å². The average Bonchev–Trinajstić information content (AvgIpc) is 2.93. The molecule has 2 heterocycles. The van der Waals surface area contributed by atoms with E-state index >= 15 is 0 Å². The van der Waals surface area contributed by atoms with Crippen LogP contribution in [0.2, 0.25) is 0 Å². The summed E-state index contributed by atoms with van der Waals surface area (Å²) in [6.45, 7) is 4.44. The maximum absolute atomic E-state index is 12.8. The first-order chi connectivity index (χ1) is 9.63. The summed E-state index contributed by atoms with van der Waals surface area (Å²) in [6, 6.07) is 0.120. The summed E-state index contributed by atoms with van der Waals surface area (Å²) in [5.41, 5.74) is 5.32. The molecule has 2 atom stereocenters. The molecular weight excluding hydrogens is 258 g/mol. The van der Waals surface area contributed by atoms with Crippen molar-refractivity contribution < 1.29 is 14.3 Å². The number of amides is 2. The van der Waals surface area contributed by atoms with Gasteiger partial charge in [0, 0.05) is 12.6 Å². The number of nitrogens with two attached hydrogens (primary N) is 1. The Morgan fingerprint density at radius 2 is 2.00 bits per heavy atom. The van der Waals surface area contributed by atoms with Crippen LogP contribution in [0.25, 0.3) is 0 Å². The second-order valence-corrected chi connectivity index (χ2v) is 5.63. The maximum Gasteiger partial charge on any atom is 0.237 e. The van der Waals surface area contributed by atoms with Gasteiger partial charge in [0.1, 0.15) is 0 Å². The predicted octanol–water partition coefficient (Wildman–Crippen LogP) is -0.133. The van der Waals surface area contributed by atoms with E-state index in [4.69, 9.17) is 10.5 Å². The Labute approximate surface area is 120 Å². The minimum atomic E-state index is -0.441. The highest BCUT2D eigenvalue weighted by Gasteiger charge is 2.38. The highest BCUT2D eigenvalue weighted by Crippen LogP contribution is 2.27. The molecule has 0 spiro atoms. The van der Waals surface area contributed by atoms with Crippen LogP contribution in [0.1, 0.15) is 32.6 Å². The van der Waals surface area contributed by atoms with Crippen molar-refractivity contribution in [3.05, 3.63) is 0 Å². The lowest BCUT2D eigenvalue weighted by Gasteiger charge is -2.36. The van der Waals surface area contributed by atoms with E-state index < -0.39 is 5.91 Å². The van der Waals surface area contributed by atoms with Crippen LogP contribution >= 0.6 is 0 Å². The molecule has 114 valence electrons. The summed E-state index contributed by atoms with van der Waals surface area (Å²) in [5, 5.41) is 3.27. The fourth-order valence-electron chi connectivity index (χ4n) is 3.22. The first-order valence-corrected chi connectivity index (χ1v) is 7.54. The molecule has 2 amide bonds. The quantitative estimate of drug-likeness (QED) is 0.736. The second-order valence-electron chi connectivity index (χ2n) is 5.63. The molecule has 2 aliphatic rings. The summed E-state index contributed by atoms with van der Waals surface area (Å²) in [5.74, 6) is -0.516. The molecule has 0 aromatic rings.